The number of rotatable bonds is 11. The quantitative estimate of drug-likeness (QED) is 0.173. The van der Waals surface area contributed by atoms with Crippen molar-refractivity contribution in [3.8, 4) is 11.5 Å². The highest BCUT2D eigenvalue weighted by atomic mass is 16.5. The highest BCUT2D eigenvalue weighted by Crippen LogP contribution is 2.21. The minimum absolute atomic E-state index is 0.434. The summed E-state index contributed by atoms with van der Waals surface area (Å²) < 4.78 is 11.6. The van der Waals surface area contributed by atoms with Gasteiger partial charge in [0.25, 0.3) is 0 Å². The Labute approximate surface area is 198 Å². The van der Waals surface area contributed by atoms with Gasteiger partial charge in [-0.05, 0) is 86.0 Å². The summed E-state index contributed by atoms with van der Waals surface area (Å²) in [6, 6.07) is 19.0. The van der Waals surface area contributed by atoms with Crippen molar-refractivity contribution in [2.75, 3.05) is 31.2 Å². The van der Waals surface area contributed by atoms with Gasteiger partial charge in [-0.25, -0.2) is 15.8 Å². The Morgan fingerprint density at radius 1 is 0.735 bits per heavy atom. The van der Waals surface area contributed by atoms with E-state index < -0.39 is 0 Å². The minimum Gasteiger partial charge on any atom is -0.494 e. The lowest BCUT2D eigenvalue weighted by Crippen LogP contribution is -2.26. The summed E-state index contributed by atoms with van der Waals surface area (Å²) in [6.07, 6.45) is 6.71. The van der Waals surface area contributed by atoms with Gasteiger partial charge in [0, 0.05) is 23.5 Å². The molecule has 2 aromatic heterocycles. The second-order valence-corrected chi connectivity index (χ2v) is 8.02. The second-order valence-electron chi connectivity index (χ2n) is 8.02. The van der Waals surface area contributed by atoms with Gasteiger partial charge in [0.2, 0.25) is 0 Å². The lowest BCUT2D eigenvalue weighted by atomic mass is 10.2. The van der Waals surface area contributed by atoms with Gasteiger partial charge in [-0.1, -0.05) is 0 Å². The van der Waals surface area contributed by atoms with E-state index in [2.05, 4.69) is 9.97 Å². The molecule has 4 aromatic rings. The van der Waals surface area contributed by atoms with E-state index in [1.165, 1.54) is 0 Å². The molecule has 4 rings (SSSR count). The molecule has 8 nitrogen and oxygen atoms in total. The van der Waals surface area contributed by atoms with Crippen LogP contribution in [-0.2, 0) is 0 Å². The molecule has 8 heteroatoms. The number of unbranched alkanes of at least 4 members (excludes halogenated alkanes) is 2. The summed E-state index contributed by atoms with van der Waals surface area (Å²) in [7, 11) is 0. The first-order valence-corrected chi connectivity index (χ1v) is 11.3. The third kappa shape index (κ3) is 6.49. The maximum atomic E-state index is 6.04. The van der Waals surface area contributed by atoms with Crippen molar-refractivity contribution in [2.24, 2.45) is 5.84 Å². The molecule has 0 aliphatic heterocycles. The van der Waals surface area contributed by atoms with Crippen LogP contribution >= 0.6 is 0 Å². The van der Waals surface area contributed by atoms with Gasteiger partial charge in [-0.15, -0.1) is 0 Å². The normalized spacial score (nSPS) is 11.3. The number of hydrazine groups is 1. The van der Waals surface area contributed by atoms with E-state index in [9.17, 15) is 0 Å². The Bertz CT molecular complexity index is 1280. The van der Waals surface area contributed by atoms with Gasteiger partial charge < -0.3 is 25.9 Å². The summed E-state index contributed by atoms with van der Waals surface area (Å²) in [5, 5.41) is 3.69. The maximum absolute atomic E-state index is 6.04. The Balaban J connectivity index is 1.10. The highest BCUT2D eigenvalue weighted by Gasteiger charge is 2.01. The van der Waals surface area contributed by atoms with Gasteiger partial charge >= 0.3 is 0 Å². The molecule has 0 radical (unpaired) electrons. The first kappa shape index (κ1) is 23.1. The predicted molar refractivity (Wildman–Crippen MR) is 137 cm³/mol. The third-order valence-electron chi connectivity index (χ3n) is 5.34. The Kier molecular flexibility index (Phi) is 7.62. The van der Waals surface area contributed by atoms with E-state index in [1.807, 2.05) is 60.8 Å². The Hall–Kier alpha value is -4.04. The van der Waals surface area contributed by atoms with Crippen molar-refractivity contribution in [3.63, 3.8) is 0 Å². The van der Waals surface area contributed by atoms with Crippen LogP contribution in [0.2, 0.25) is 0 Å². The summed E-state index contributed by atoms with van der Waals surface area (Å²) in [5.41, 5.74) is 13.1. The van der Waals surface area contributed by atoms with Crippen LogP contribution in [0.15, 0.2) is 72.9 Å². The average Bonchev–Trinajstić information content (AvgIpc) is 2.84. The molecule has 0 fully saturated rings. The third-order valence-corrected chi connectivity index (χ3v) is 5.34. The zero-order valence-corrected chi connectivity index (χ0v) is 19.1. The van der Waals surface area contributed by atoms with Gasteiger partial charge in [-0.2, -0.15) is 0 Å². The molecule has 0 saturated heterocycles. The van der Waals surface area contributed by atoms with Gasteiger partial charge in [0.15, 0.2) is 0 Å². The van der Waals surface area contributed by atoms with Crippen molar-refractivity contribution in [1.29, 1.82) is 0 Å². The molecule has 6 N–H and O–H groups in total. The number of ether oxygens (including phenoxy) is 2. The molecule has 2 heterocycles. The number of fused-ring (bicyclic) bond motifs is 2. The van der Waals surface area contributed by atoms with Gasteiger partial charge in [-0.3, -0.25) is 0 Å². The number of nitrogens with zero attached hydrogens (tertiary/aromatic N) is 3. The number of nitrogen functional groups attached to an aromatic ring is 2. The van der Waals surface area contributed by atoms with Crippen molar-refractivity contribution in [2.45, 2.75) is 19.3 Å². The number of nitrogens with two attached hydrogens (primary N) is 3. The largest absolute Gasteiger partial charge is 0.494 e. The van der Waals surface area contributed by atoms with Crippen LogP contribution in [0.1, 0.15) is 19.3 Å². The lowest BCUT2D eigenvalue weighted by molar-refractivity contribution is 0.298. The first-order chi connectivity index (χ1) is 16.6. The minimum atomic E-state index is 0.434. The van der Waals surface area contributed by atoms with E-state index in [4.69, 9.17) is 26.8 Å². The standard InChI is InChI=1S/C26H30N6O2/c27-25-11-5-19-17-21(7-9-23(19)30-25)33-15-3-1-2-13-32(29)14-4-16-34-22-8-10-24-20(18-22)6-12-26(28)31-24/h4-12,14,17-18H,1-3,13,15-16,29H2,(H2,27,30)(H2,28,31)/b14-4+. The van der Waals surface area contributed by atoms with Crippen LogP contribution in [-0.4, -0.2) is 34.7 Å². The molecular weight excluding hydrogens is 428 g/mol. The van der Waals surface area contributed by atoms with Crippen LogP contribution in [0.25, 0.3) is 21.8 Å². The van der Waals surface area contributed by atoms with Crippen molar-refractivity contribution >= 4 is 33.4 Å². The number of hydrogen-bond acceptors (Lipinski definition) is 8. The van der Waals surface area contributed by atoms with Crippen LogP contribution < -0.4 is 26.8 Å². The van der Waals surface area contributed by atoms with E-state index in [0.29, 0.717) is 24.8 Å². The first-order valence-electron chi connectivity index (χ1n) is 11.3. The summed E-state index contributed by atoms with van der Waals surface area (Å²) in [6.45, 7) is 1.86. The molecule has 0 atom stereocenters. The lowest BCUT2D eigenvalue weighted by Gasteiger charge is -2.13. The smallest absolute Gasteiger partial charge is 0.124 e. The molecule has 0 aliphatic rings. The number of benzene rings is 2. The van der Waals surface area contributed by atoms with E-state index in [-0.39, 0.29) is 0 Å². The van der Waals surface area contributed by atoms with Crippen molar-refractivity contribution < 1.29 is 9.47 Å². The van der Waals surface area contributed by atoms with Crippen molar-refractivity contribution in [1.82, 2.24) is 15.0 Å². The molecular formula is C26H30N6O2. The Morgan fingerprint density at radius 2 is 1.35 bits per heavy atom. The molecule has 0 saturated carbocycles. The molecule has 0 aliphatic carbocycles. The van der Waals surface area contributed by atoms with Crippen LogP contribution in [0.3, 0.4) is 0 Å². The van der Waals surface area contributed by atoms with Crippen LogP contribution in [0, 0.1) is 0 Å². The van der Waals surface area contributed by atoms with Crippen LogP contribution in [0.5, 0.6) is 11.5 Å². The molecule has 2 aromatic carbocycles. The summed E-state index contributed by atoms with van der Waals surface area (Å²) in [4.78, 5) is 8.58. The van der Waals surface area contributed by atoms with Crippen molar-refractivity contribution in [3.05, 3.63) is 72.9 Å². The summed E-state index contributed by atoms with van der Waals surface area (Å²) >= 11 is 0. The molecule has 0 spiro atoms. The fourth-order valence-electron chi connectivity index (χ4n) is 3.58. The predicted octanol–water partition coefficient (Wildman–Crippen LogP) is 4.26. The molecule has 0 unspecified atom stereocenters. The number of hydrogen-bond donors (Lipinski definition) is 3. The Morgan fingerprint density at radius 3 is 2.00 bits per heavy atom. The topological polar surface area (TPSA) is 126 Å². The number of pyridine rings is 2. The fraction of sp³-hybridized carbons (Fsp3) is 0.231. The van der Waals surface area contributed by atoms with E-state index in [1.54, 1.807) is 17.1 Å². The SMILES string of the molecule is Nc1ccc2cc(OC/C=C/N(N)CCCCCOc3ccc4nc(N)ccc4c3)ccc2n1. The zero-order valence-electron chi connectivity index (χ0n) is 19.1. The number of anilines is 2. The summed E-state index contributed by atoms with van der Waals surface area (Å²) in [5.74, 6) is 8.68. The average molecular weight is 459 g/mol. The van der Waals surface area contributed by atoms with E-state index in [0.717, 1.165) is 59.1 Å². The molecule has 0 bridgehead atoms. The van der Waals surface area contributed by atoms with Crippen LogP contribution in [0.4, 0.5) is 11.6 Å². The van der Waals surface area contributed by atoms with E-state index >= 15 is 0 Å². The molecule has 34 heavy (non-hydrogen) atoms. The molecule has 0 amide bonds. The van der Waals surface area contributed by atoms with Gasteiger partial charge in [0.05, 0.1) is 17.6 Å². The highest BCUT2D eigenvalue weighted by molar-refractivity contribution is 5.82. The van der Waals surface area contributed by atoms with Gasteiger partial charge in [0.1, 0.15) is 29.7 Å². The zero-order chi connectivity index (χ0) is 23.8. The second kappa shape index (κ2) is 11.2. The number of aromatic nitrogens is 2. The molecule has 176 valence electrons. The fourth-order valence-corrected chi connectivity index (χ4v) is 3.58. The monoisotopic (exact) mass is 458 g/mol. The maximum Gasteiger partial charge on any atom is 0.124 e.